The van der Waals surface area contributed by atoms with Gasteiger partial charge in [-0.25, -0.2) is 0 Å². The molecule has 0 spiro atoms. The summed E-state index contributed by atoms with van der Waals surface area (Å²) >= 11 is 5.94. The van der Waals surface area contributed by atoms with Crippen LogP contribution in [0.3, 0.4) is 0 Å². The lowest BCUT2D eigenvalue weighted by atomic mass is 10.2. The van der Waals surface area contributed by atoms with Crippen LogP contribution in [0.25, 0.3) is 0 Å². The number of carbonyl (C=O) groups is 1. The number of hydrogen-bond acceptors (Lipinski definition) is 4. The molecule has 0 aromatic carbocycles. The van der Waals surface area contributed by atoms with Crippen molar-refractivity contribution >= 4 is 23.2 Å². The summed E-state index contributed by atoms with van der Waals surface area (Å²) in [6.45, 7) is 0.818. The molecule has 2 heterocycles. The summed E-state index contributed by atoms with van der Waals surface area (Å²) in [5, 5.41) is 2.99. The average molecular weight is 308 g/mol. The van der Waals surface area contributed by atoms with Crippen molar-refractivity contribution in [3.8, 4) is 0 Å². The minimum Gasteiger partial charge on any atom is -0.383 e. The number of carbonyl (C=O) groups excluding carboxylic acids is 1. The molecule has 0 saturated heterocycles. The first-order chi connectivity index (χ1) is 10.1. The van der Waals surface area contributed by atoms with E-state index < -0.39 is 0 Å². The van der Waals surface area contributed by atoms with Gasteiger partial charge in [-0.15, -0.1) is 0 Å². The molecule has 21 heavy (non-hydrogen) atoms. The maximum Gasteiger partial charge on any atom is 0.258 e. The van der Waals surface area contributed by atoms with Gasteiger partial charge < -0.3 is 14.6 Å². The van der Waals surface area contributed by atoms with E-state index in [4.69, 9.17) is 16.3 Å². The molecule has 0 radical (unpaired) electrons. The van der Waals surface area contributed by atoms with Gasteiger partial charge >= 0.3 is 0 Å². The number of amides is 1. The van der Waals surface area contributed by atoms with Crippen molar-refractivity contribution in [1.82, 2.24) is 9.55 Å². The number of rotatable bonds is 5. The topological polar surface area (TPSA) is 73.2 Å². The molecule has 0 aliphatic heterocycles. The Balaban J connectivity index is 2.18. The number of ether oxygens (including phenoxy) is 1. The molecule has 6 nitrogen and oxygen atoms in total. The minimum absolute atomic E-state index is 0.163. The van der Waals surface area contributed by atoms with E-state index in [1.807, 2.05) is 0 Å². The highest BCUT2D eigenvalue weighted by molar-refractivity contribution is 6.34. The van der Waals surface area contributed by atoms with E-state index >= 15 is 0 Å². The Labute approximate surface area is 126 Å². The molecule has 0 fully saturated rings. The lowest BCUT2D eigenvalue weighted by Gasteiger charge is -2.09. The van der Waals surface area contributed by atoms with Crippen molar-refractivity contribution in [3.05, 3.63) is 57.7 Å². The molecule has 0 saturated carbocycles. The van der Waals surface area contributed by atoms with Crippen LogP contribution in [0.1, 0.15) is 10.4 Å². The van der Waals surface area contributed by atoms with Crippen LogP contribution in [-0.2, 0) is 11.3 Å². The minimum atomic E-state index is -0.384. The highest BCUT2D eigenvalue weighted by atomic mass is 35.5. The van der Waals surface area contributed by atoms with Crippen molar-refractivity contribution in [2.75, 3.05) is 19.0 Å². The van der Waals surface area contributed by atoms with E-state index in [0.717, 1.165) is 0 Å². The normalized spacial score (nSPS) is 10.4. The monoisotopic (exact) mass is 307 g/mol. The summed E-state index contributed by atoms with van der Waals surface area (Å²) in [7, 11) is 1.56. The average Bonchev–Trinajstić information content (AvgIpc) is 2.48. The zero-order valence-electron chi connectivity index (χ0n) is 11.4. The number of aromatic nitrogens is 2. The van der Waals surface area contributed by atoms with Crippen LogP contribution in [0.15, 0.2) is 41.6 Å². The Morgan fingerprint density at radius 3 is 2.95 bits per heavy atom. The lowest BCUT2D eigenvalue weighted by Crippen LogP contribution is -2.22. The van der Waals surface area contributed by atoms with Gasteiger partial charge in [0.15, 0.2) is 0 Å². The predicted octanol–water partition coefficient (Wildman–Crippen LogP) is 1.80. The maximum atomic E-state index is 12.1. The number of hydrogen-bond donors (Lipinski definition) is 1. The molecule has 1 N–H and O–H groups in total. The van der Waals surface area contributed by atoms with E-state index in [2.05, 4.69) is 10.3 Å². The van der Waals surface area contributed by atoms with Crippen LogP contribution >= 0.6 is 11.6 Å². The van der Waals surface area contributed by atoms with Gasteiger partial charge in [-0.3, -0.25) is 14.6 Å². The first kappa shape index (κ1) is 15.2. The van der Waals surface area contributed by atoms with Crippen LogP contribution in [-0.4, -0.2) is 29.2 Å². The van der Waals surface area contributed by atoms with Gasteiger partial charge in [0.1, 0.15) is 0 Å². The van der Waals surface area contributed by atoms with E-state index in [9.17, 15) is 9.59 Å². The molecule has 1 amide bonds. The van der Waals surface area contributed by atoms with Crippen molar-refractivity contribution in [1.29, 1.82) is 0 Å². The van der Waals surface area contributed by atoms with E-state index in [1.54, 1.807) is 13.3 Å². The van der Waals surface area contributed by atoms with Gasteiger partial charge in [-0.2, -0.15) is 0 Å². The molecular formula is C14H14ClN3O3. The fourth-order valence-corrected chi connectivity index (χ4v) is 1.90. The Morgan fingerprint density at radius 1 is 1.43 bits per heavy atom. The highest BCUT2D eigenvalue weighted by Gasteiger charge is 2.11. The summed E-state index contributed by atoms with van der Waals surface area (Å²) in [6, 6.07) is 4.46. The third kappa shape index (κ3) is 3.90. The largest absolute Gasteiger partial charge is 0.383 e. The predicted molar refractivity (Wildman–Crippen MR) is 79.8 cm³/mol. The van der Waals surface area contributed by atoms with Crippen LogP contribution in [0.5, 0.6) is 0 Å². The Hall–Kier alpha value is -2.18. The summed E-state index contributed by atoms with van der Waals surface area (Å²) < 4.78 is 6.40. The molecule has 0 atom stereocenters. The van der Waals surface area contributed by atoms with Crippen molar-refractivity contribution in [2.24, 2.45) is 0 Å². The molecular weight excluding hydrogens is 294 g/mol. The van der Waals surface area contributed by atoms with Crippen LogP contribution in [0.4, 0.5) is 5.69 Å². The zero-order chi connectivity index (χ0) is 15.2. The van der Waals surface area contributed by atoms with Crippen molar-refractivity contribution in [2.45, 2.75) is 6.54 Å². The molecule has 110 valence electrons. The Kier molecular flexibility index (Phi) is 5.08. The fourth-order valence-electron chi connectivity index (χ4n) is 1.71. The number of anilines is 1. The summed E-state index contributed by atoms with van der Waals surface area (Å²) in [6.07, 6.45) is 4.45. The third-order valence-corrected chi connectivity index (χ3v) is 3.12. The van der Waals surface area contributed by atoms with E-state index in [0.29, 0.717) is 23.9 Å². The summed E-state index contributed by atoms with van der Waals surface area (Å²) in [4.78, 5) is 27.6. The molecule has 0 aliphatic carbocycles. The van der Waals surface area contributed by atoms with E-state index in [1.165, 1.54) is 35.2 Å². The van der Waals surface area contributed by atoms with Crippen molar-refractivity contribution < 1.29 is 9.53 Å². The second kappa shape index (κ2) is 7.01. The fraction of sp³-hybridized carbons (Fsp3) is 0.214. The maximum absolute atomic E-state index is 12.1. The Morgan fingerprint density at radius 2 is 2.24 bits per heavy atom. The number of nitrogens with zero attached hydrogens (tertiary/aromatic N) is 2. The first-order valence-electron chi connectivity index (χ1n) is 6.22. The Bertz CT molecular complexity index is 700. The standard InChI is InChI=1S/C14H14ClN3O3/c1-21-7-6-18-9-10(2-3-13(18)19)17-14(20)11-8-16-5-4-12(11)15/h2-5,8-9H,6-7H2,1H3,(H,17,20). The molecule has 0 bridgehead atoms. The molecule has 0 unspecified atom stereocenters. The molecule has 2 aromatic rings. The molecule has 2 aromatic heterocycles. The van der Waals surface area contributed by atoms with Crippen molar-refractivity contribution in [3.63, 3.8) is 0 Å². The second-order valence-electron chi connectivity index (χ2n) is 4.25. The van der Waals surface area contributed by atoms with Crippen LogP contribution in [0, 0.1) is 0 Å². The van der Waals surface area contributed by atoms with Gasteiger partial charge in [0, 0.05) is 38.3 Å². The molecule has 7 heteroatoms. The number of pyridine rings is 2. The number of halogens is 1. The summed E-state index contributed by atoms with van der Waals surface area (Å²) in [5.74, 6) is -0.384. The second-order valence-corrected chi connectivity index (χ2v) is 4.66. The van der Waals surface area contributed by atoms with Gasteiger partial charge in [-0.05, 0) is 12.1 Å². The first-order valence-corrected chi connectivity index (χ1v) is 6.60. The summed E-state index contributed by atoms with van der Waals surface area (Å²) in [5.41, 5.74) is 0.605. The van der Waals surface area contributed by atoms with Gasteiger partial charge in [-0.1, -0.05) is 11.6 Å². The smallest absolute Gasteiger partial charge is 0.258 e. The lowest BCUT2D eigenvalue weighted by molar-refractivity contribution is 0.102. The zero-order valence-corrected chi connectivity index (χ0v) is 12.1. The number of nitrogens with one attached hydrogen (secondary N) is 1. The van der Waals surface area contributed by atoms with Gasteiger partial charge in [0.05, 0.1) is 22.9 Å². The molecule has 2 rings (SSSR count). The quantitative estimate of drug-likeness (QED) is 0.914. The van der Waals surface area contributed by atoms with Crippen LogP contribution < -0.4 is 10.9 Å². The highest BCUT2D eigenvalue weighted by Crippen LogP contribution is 2.15. The van der Waals surface area contributed by atoms with Gasteiger partial charge in [0.25, 0.3) is 11.5 Å². The third-order valence-electron chi connectivity index (χ3n) is 2.79. The van der Waals surface area contributed by atoms with E-state index in [-0.39, 0.29) is 17.0 Å². The SMILES string of the molecule is COCCn1cc(NC(=O)c2cnccc2Cl)ccc1=O. The van der Waals surface area contributed by atoms with Gasteiger partial charge in [0.2, 0.25) is 0 Å². The molecule has 0 aliphatic rings. The number of methoxy groups -OCH3 is 1. The van der Waals surface area contributed by atoms with Crippen LogP contribution in [0.2, 0.25) is 5.02 Å².